The molecule has 1 aromatic rings. The van der Waals surface area contributed by atoms with E-state index in [9.17, 15) is 4.39 Å². The van der Waals surface area contributed by atoms with Gasteiger partial charge in [0.1, 0.15) is 5.82 Å². The summed E-state index contributed by atoms with van der Waals surface area (Å²) in [5, 5.41) is 3.40. The third-order valence-electron chi connectivity index (χ3n) is 2.56. The highest BCUT2D eigenvalue weighted by Gasteiger charge is 2.01. The number of hydrogen-bond donors (Lipinski definition) is 1. The maximum Gasteiger partial charge on any atom is 0.123 e. The molecule has 0 saturated heterocycles. The predicted octanol–water partition coefficient (Wildman–Crippen LogP) is 2.50. The van der Waals surface area contributed by atoms with E-state index in [1.165, 1.54) is 6.07 Å². The highest BCUT2D eigenvalue weighted by Crippen LogP contribution is 2.05. The molecule has 0 spiro atoms. The number of likely N-dealkylation sites (N-methyl/N-ethyl adjacent to an activating group) is 1. The van der Waals surface area contributed by atoms with Crippen LogP contribution in [0.4, 0.5) is 4.39 Å². The van der Waals surface area contributed by atoms with E-state index >= 15 is 0 Å². The Bertz CT molecular complexity index is 326. The Hall–Kier alpha value is -0.930. The van der Waals surface area contributed by atoms with Crippen LogP contribution in [-0.2, 0) is 6.54 Å². The largest absolute Gasteiger partial charge is 0.315 e. The Morgan fingerprint density at radius 1 is 1.35 bits per heavy atom. The van der Waals surface area contributed by atoms with Crippen molar-refractivity contribution in [3.8, 4) is 0 Å². The van der Waals surface area contributed by atoms with E-state index in [1.54, 1.807) is 12.1 Å². The summed E-state index contributed by atoms with van der Waals surface area (Å²) in [6.07, 6.45) is 0. The van der Waals surface area contributed by atoms with Gasteiger partial charge in [0.15, 0.2) is 0 Å². The fraction of sp³-hybridized carbons (Fsp3) is 0.571. The maximum atomic E-state index is 13.0. The molecule has 0 aliphatic rings. The average molecular weight is 238 g/mol. The second kappa shape index (κ2) is 7.41. The van der Waals surface area contributed by atoms with Crippen LogP contribution < -0.4 is 5.32 Å². The van der Waals surface area contributed by atoms with E-state index in [1.807, 2.05) is 6.07 Å². The van der Waals surface area contributed by atoms with Crippen molar-refractivity contribution in [2.75, 3.05) is 26.7 Å². The summed E-state index contributed by atoms with van der Waals surface area (Å²) in [5.41, 5.74) is 1.02. The summed E-state index contributed by atoms with van der Waals surface area (Å²) >= 11 is 0. The van der Waals surface area contributed by atoms with Gasteiger partial charge in [-0.25, -0.2) is 4.39 Å². The summed E-state index contributed by atoms with van der Waals surface area (Å²) in [5.74, 6) is 0.525. The monoisotopic (exact) mass is 238 g/mol. The molecule has 0 unspecified atom stereocenters. The normalized spacial score (nSPS) is 11.4. The Kier molecular flexibility index (Phi) is 6.16. The van der Waals surface area contributed by atoms with Gasteiger partial charge in [-0.3, -0.25) is 0 Å². The number of nitrogens with zero attached hydrogens (tertiary/aromatic N) is 1. The molecule has 2 nitrogen and oxygen atoms in total. The third-order valence-corrected chi connectivity index (χ3v) is 2.56. The van der Waals surface area contributed by atoms with Crippen LogP contribution in [0.25, 0.3) is 0 Å². The molecular weight excluding hydrogens is 215 g/mol. The number of benzene rings is 1. The van der Waals surface area contributed by atoms with Crippen LogP contribution >= 0.6 is 0 Å². The molecule has 0 aromatic heterocycles. The minimum Gasteiger partial charge on any atom is -0.315 e. The van der Waals surface area contributed by atoms with Crippen LogP contribution in [-0.4, -0.2) is 31.6 Å². The quantitative estimate of drug-likeness (QED) is 0.734. The van der Waals surface area contributed by atoms with Crippen molar-refractivity contribution in [1.29, 1.82) is 0 Å². The summed E-state index contributed by atoms with van der Waals surface area (Å²) in [6, 6.07) is 6.79. The minimum atomic E-state index is -0.158. The minimum absolute atomic E-state index is 0.158. The summed E-state index contributed by atoms with van der Waals surface area (Å²) in [7, 11) is 2.06. The Morgan fingerprint density at radius 3 is 2.76 bits per heavy atom. The highest BCUT2D eigenvalue weighted by atomic mass is 19.1. The van der Waals surface area contributed by atoms with Crippen LogP contribution in [0.15, 0.2) is 24.3 Å². The van der Waals surface area contributed by atoms with E-state index in [4.69, 9.17) is 0 Å². The Balaban J connectivity index is 2.23. The van der Waals surface area contributed by atoms with E-state index in [0.717, 1.165) is 31.7 Å². The zero-order valence-corrected chi connectivity index (χ0v) is 11.0. The van der Waals surface area contributed by atoms with Crippen molar-refractivity contribution in [2.24, 2.45) is 5.92 Å². The van der Waals surface area contributed by atoms with Crippen molar-refractivity contribution in [2.45, 2.75) is 20.4 Å². The zero-order chi connectivity index (χ0) is 12.7. The van der Waals surface area contributed by atoms with Gasteiger partial charge < -0.3 is 10.2 Å². The molecule has 3 heteroatoms. The van der Waals surface area contributed by atoms with E-state index < -0.39 is 0 Å². The first kappa shape index (κ1) is 14.1. The SMILES string of the molecule is CC(C)CNCCN(C)Cc1cccc(F)c1. The van der Waals surface area contributed by atoms with Crippen LogP contribution in [0.1, 0.15) is 19.4 Å². The van der Waals surface area contributed by atoms with Crippen LogP contribution in [0.5, 0.6) is 0 Å². The smallest absolute Gasteiger partial charge is 0.123 e. The standard InChI is InChI=1S/C14H23FN2/c1-12(2)10-16-7-8-17(3)11-13-5-4-6-14(15)9-13/h4-6,9,12,16H,7-8,10-11H2,1-3H3. The second-order valence-corrected chi connectivity index (χ2v) is 4.97. The van der Waals surface area contributed by atoms with Gasteiger partial charge in [0.2, 0.25) is 0 Å². The van der Waals surface area contributed by atoms with Crippen molar-refractivity contribution in [1.82, 2.24) is 10.2 Å². The second-order valence-electron chi connectivity index (χ2n) is 4.97. The molecule has 1 aromatic carbocycles. The molecule has 0 aliphatic heterocycles. The molecule has 0 saturated carbocycles. The van der Waals surface area contributed by atoms with Gasteiger partial charge in [0, 0.05) is 19.6 Å². The fourth-order valence-corrected chi connectivity index (χ4v) is 1.69. The molecule has 0 amide bonds. The first-order chi connectivity index (χ1) is 8.08. The molecule has 1 N–H and O–H groups in total. The fourth-order valence-electron chi connectivity index (χ4n) is 1.69. The van der Waals surface area contributed by atoms with Crippen molar-refractivity contribution in [3.63, 3.8) is 0 Å². The molecule has 0 atom stereocenters. The van der Waals surface area contributed by atoms with Gasteiger partial charge in [0.05, 0.1) is 0 Å². The lowest BCUT2D eigenvalue weighted by molar-refractivity contribution is 0.321. The third kappa shape index (κ3) is 6.39. The van der Waals surface area contributed by atoms with Gasteiger partial charge in [-0.1, -0.05) is 26.0 Å². The molecule has 0 heterocycles. The van der Waals surface area contributed by atoms with E-state index in [0.29, 0.717) is 5.92 Å². The zero-order valence-electron chi connectivity index (χ0n) is 11.0. The summed E-state index contributed by atoms with van der Waals surface area (Å²) < 4.78 is 13.0. The van der Waals surface area contributed by atoms with Gasteiger partial charge in [0.25, 0.3) is 0 Å². The molecule has 1 rings (SSSR count). The van der Waals surface area contributed by atoms with Crippen molar-refractivity contribution < 1.29 is 4.39 Å². The van der Waals surface area contributed by atoms with Gasteiger partial charge >= 0.3 is 0 Å². The van der Waals surface area contributed by atoms with Crippen molar-refractivity contribution in [3.05, 3.63) is 35.6 Å². The molecule has 17 heavy (non-hydrogen) atoms. The van der Waals surface area contributed by atoms with Gasteiger partial charge in [-0.05, 0) is 37.2 Å². The number of halogens is 1. The maximum absolute atomic E-state index is 13.0. The number of rotatable bonds is 7. The van der Waals surface area contributed by atoms with Crippen LogP contribution in [0, 0.1) is 11.7 Å². The first-order valence-electron chi connectivity index (χ1n) is 6.21. The molecule has 0 fully saturated rings. The van der Waals surface area contributed by atoms with Crippen molar-refractivity contribution >= 4 is 0 Å². The van der Waals surface area contributed by atoms with Crippen LogP contribution in [0.2, 0.25) is 0 Å². The highest BCUT2D eigenvalue weighted by molar-refractivity contribution is 5.15. The molecule has 0 bridgehead atoms. The Labute approximate surface area is 104 Å². The molecule has 0 aliphatic carbocycles. The predicted molar refractivity (Wildman–Crippen MR) is 70.4 cm³/mol. The molecule has 0 radical (unpaired) electrons. The van der Waals surface area contributed by atoms with E-state index in [2.05, 4.69) is 31.1 Å². The lowest BCUT2D eigenvalue weighted by atomic mass is 10.2. The number of hydrogen-bond acceptors (Lipinski definition) is 2. The van der Waals surface area contributed by atoms with Crippen LogP contribution in [0.3, 0.4) is 0 Å². The molecule has 96 valence electrons. The first-order valence-corrected chi connectivity index (χ1v) is 6.21. The lowest BCUT2D eigenvalue weighted by Crippen LogP contribution is -2.30. The van der Waals surface area contributed by atoms with Gasteiger partial charge in [-0.15, -0.1) is 0 Å². The summed E-state index contributed by atoms with van der Waals surface area (Å²) in [6.45, 7) is 8.19. The number of nitrogens with one attached hydrogen (secondary N) is 1. The Morgan fingerprint density at radius 2 is 2.12 bits per heavy atom. The topological polar surface area (TPSA) is 15.3 Å². The summed E-state index contributed by atoms with van der Waals surface area (Å²) in [4.78, 5) is 2.20. The van der Waals surface area contributed by atoms with Gasteiger partial charge in [-0.2, -0.15) is 0 Å². The van der Waals surface area contributed by atoms with E-state index in [-0.39, 0.29) is 5.82 Å². The lowest BCUT2D eigenvalue weighted by Gasteiger charge is -2.17. The average Bonchev–Trinajstić information content (AvgIpc) is 2.24. The molecular formula is C14H23FN2.